The fourth-order valence-electron chi connectivity index (χ4n) is 2.68. The largest absolute Gasteiger partial charge is 0.493 e. The number of aryl methyl sites for hydroxylation is 1. The average Bonchev–Trinajstić information content (AvgIpc) is 2.74. The first-order valence-corrected chi connectivity index (χ1v) is 6.54. The molecule has 1 aromatic carbocycles. The van der Waals surface area contributed by atoms with E-state index < -0.39 is 5.54 Å². The van der Waals surface area contributed by atoms with Gasteiger partial charge in [0.05, 0.1) is 12.7 Å². The summed E-state index contributed by atoms with van der Waals surface area (Å²) >= 11 is 0. The summed E-state index contributed by atoms with van der Waals surface area (Å²) in [4.78, 5) is 0. The third-order valence-electron chi connectivity index (χ3n) is 3.90. The molecule has 0 aliphatic heterocycles. The van der Waals surface area contributed by atoms with Crippen molar-refractivity contribution in [1.82, 2.24) is 0 Å². The molecule has 1 aliphatic carbocycles. The number of rotatable bonds is 4. The van der Waals surface area contributed by atoms with E-state index in [0.717, 1.165) is 37.0 Å². The lowest BCUT2D eigenvalue weighted by Crippen LogP contribution is -2.42. The molecule has 96 valence electrons. The topological polar surface area (TPSA) is 59.0 Å². The Morgan fingerprint density at radius 2 is 2.28 bits per heavy atom. The summed E-state index contributed by atoms with van der Waals surface area (Å²) < 4.78 is 5.77. The second-order valence-electron chi connectivity index (χ2n) is 5.14. The Hall–Kier alpha value is -1.53. The molecule has 0 spiro atoms. The minimum absolute atomic E-state index is 0.270. The molecule has 3 nitrogen and oxygen atoms in total. The summed E-state index contributed by atoms with van der Waals surface area (Å²) in [5.41, 5.74) is 6.61. The highest BCUT2D eigenvalue weighted by Crippen LogP contribution is 2.35. The predicted molar refractivity (Wildman–Crippen MR) is 71.2 cm³/mol. The van der Waals surface area contributed by atoms with Gasteiger partial charge < -0.3 is 10.5 Å². The van der Waals surface area contributed by atoms with Crippen molar-refractivity contribution in [2.75, 3.05) is 6.61 Å². The van der Waals surface area contributed by atoms with Gasteiger partial charge in [-0.15, -0.1) is 0 Å². The molecule has 2 unspecified atom stereocenters. The van der Waals surface area contributed by atoms with E-state index in [9.17, 15) is 0 Å². The smallest absolute Gasteiger partial charge is 0.122 e. The molecule has 0 radical (unpaired) electrons. The van der Waals surface area contributed by atoms with Crippen LogP contribution in [0.5, 0.6) is 5.75 Å². The van der Waals surface area contributed by atoms with Gasteiger partial charge in [0.25, 0.3) is 0 Å². The molecule has 1 aliphatic rings. The van der Waals surface area contributed by atoms with E-state index in [4.69, 9.17) is 15.7 Å². The molecule has 1 fully saturated rings. The maximum Gasteiger partial charge on any atom is 0.122 e. The first-order chi connectivity index (χ1) is 8.65. The zero-order valence-electron chi connectivity index (χ0n) is 10.9. The van der Waals surface area contributed by atoms with Crippen LogP contribution in [0.3, 0.4) is 0 Å². The number of nitriles is 1. The van der Waals surface area contributed by atoms with Crippen LogP contribution in [0, 0.1) is 24.2 Å². The molecule has 0 heterocycles. The maximum atomic E-state index is 9.14. The third-order valence-corrected chi connectivity index (χ3v) is 3.90. The van der Waals surface area contributed by atoms with Gasteiger partial charge >= 0.3 is 0 Å². The Morgan fingerprint density at radius 1 is 1.50 bits per heavy atom. The number of benzene rings is 1. The Morgan fingerprint density at radius 3 is 3.00 bits per heavy atom. The van der Waals surface area contributed by atoms with Crippen molar-refractivity contribution in [3.8, 4) is 11.8 Å². The zero-order valence-corrected chi connectivity index (χ0v) is 10.9. The third kappa shape index (κ3) is 2.65. The molecular formula is C15H20N2O. The number of nitrogens with two attached hydrogens (primary N) is 1. The van der Waals surface area contributed by atoms with Crippen molar-refractivity contribution in [2.24, 2.45) is 11.7 Å². The van der Waals surface area contributed by atoms with Crippen molar-refractivity contribution in [3.63, 3.8) is 0 Å². The number of hydrogen-bond donors (Lipinski definition) is 1. The van der Waals surface area contributed by atoms with Crippen LogP contribution in [0.15, 0.2) is 24.3 Å². The van der Waals surface area contributed by atoms with E-state index in [2.05, 4.69) is 6.07 Å². The fraction of sp³-hybridized carbons (Fsp3) is 0.533. The first kappa shape index (κ1) is 12.9. The lowest BCUT2D eigenvalue weighted by molar-refractivity contribution is 0.253. The normalized spacial score (nSPS) is 26.8. The van der Waals surface area contributed by atoms with Crippen molar-refractivity contribution in [1.29, 1.82) is 5.26 Å². The molecule has 0 saturated heterocycles. The van der Waals surface area contributed by atoms with Gasteiger partial charge in [0.15, 0.2) is 0 Å². The Labute approximate surface area is 109 Å². The van der Waals surface area contributed by atoms with Crippen molar-refractivity contribution >= 4 is 0 Å². The lowest BCUT2D eigenvalue weighted by atomic mass is 9.87. The average molecular weight is 244 g/mol. The molecule has 2 rings (SSSR count). The van der Waals surface area contributed by atoms with E-state index in [1.165, 1.54) is 0 Å². The van der Waals surface area contributed by atoms with Crippen LogP contribution < -0.4 is 10.5 Å². The van der Waals surface area contributed by atoms with Crippen LogP contribution in [0.4, 0.5) is 0 Å². The molecule has 0 aromatic heterocycles. The van der Waals surface area contributed by atoms with Gasteiger partial charge in [-0.05, 0) is 43.7 Å². The standard InChI is InChI=1S/C15H20N2O/c1-12-5-2-3-7-14(12)18-10-8-13-6-4-9-15(13,17)11-16/h2-3,5,7,13H,4,6,8-10,17H2,1H3. The predicted octanol–water partition coefficient (Wildman–Crippen LogP) is 2.79. The zero-order chi connectivity index (χ0) is 13.0. The molecule has 2 atom stereocenters. The van der Waals surface area contributed by atoms with E-state index in [0.29, 0.717) is 6.61 Å². The second kappa shape index (κ2) is 5.41. The van der Waals surface area contributed by atoms with Crippen molar-refractivity contribution in [2.45, 2.75) is 38.1 Å². The van der Waals surface area contributed by atoms with E-state index in [1.807, 2.05) is 31.2 Å². The fourth-order valence-corrected chi connectivity index (χ4v) is 2.68. The monoisotopic (exact) mass is 244 g/mol. The summed E-state index contributed by atoms with van der Waals surface area (Å²) in [6, 6.07) is 10.3. The van der Waals surface area contributed by atoms with E-state index in [1.54, 1.807) is 0 Å². The maximum absolute atomic E-state index is 9.14. The highest BCUT2D eigenvalue weighted by atomic mass is 16.5. The van der Waals surface area contributed by atoms with Crippen molar-refractivity contribution in [3.05, 3.63) is 29.8 Å². The van der Waals surface area contributed by atoms with Gasteiger partial charge in [0, 0.05) is 0 Å². The van der Waals surface area contributed by atoms with Crippen LogP contribution >= 0.6 is 0 Å². The van der Waals surface area contributed by atoms with Crippen molar-refractivity contribution < 1.29 is 4.74 Å². The molecule has 2 N–H and O–H groups in total. The summed E-state index contributed by atoms with van der Waals surface area (Å²) in [6.45, 7) is 2.67. The van der Waals surface area contributed by atoms with E-state index >= 15 is 0 Å². The second-order valence-corrected chi connectivity index (χ2v) is 5.14. The van der Waals surface area contributed by atoms with Crippen LogP contribution in [0.1, 0.15) is 31.2 Å². The Balaban J connectivity index is 1.86. The summed E-state index contributed by atoms with van der Waals surface area (Å²) in [7, 11) is 0. The molecule has 1 saturated carbocycles. The lowest BCUT2D eigenvalue weighted by Gasteiger charge is -2.23. The van der Waals surface area contributed by atoms with Gasteiger partial charge in [-0.2, -0.15) is 5.26 Å². The number of para-hydroxylation sites is 1. The molecule has 18 heavy (non-hydrogen) atoms. The van der Waals surface area contributed by atoms with E-state index in [-0.39, 0.29) is 5.92 Å². The highest BCUT2D eigenvalue weighted by Gasteiger charge is 2.39. The highest BCUT2D eigenvalue weighted by molar-refractivity contribution is 5.31. The van der Waals surface area contributed by atoms with Crippen LogP contribution in [-0.4, -0.2) is 12.1 Å². The summed E-state index contributed by atoms with van der Waals surface area (Å²) in [6.07, 6.45) is 3.78. The van der Waals surface area contributed by atoms with Crippen LogP contribution in [0.25, 0.3) is 0 Å². The molecule has 1 aromatic rings. The van der Waals surface area contributed by atoms with Gasteiger partial charge in [-0.3, -0.25) is 0 Å². The van der Waals surface area contributed by atoms with Gasteiger partial charge in [-0.1, -0.05) is 24.6 Å². The summed E-state index contributed by atoms with van der Waals surface area (Å²) in [5, 5.41) is 9.14. The molecule has 0 amide bonds. The Kier molecular flexibility index (Phi) is 3.88. The Bertz CT molecular complexity index is 452. The minimum Gasteiger partial charge on any atom is -0.493 e. The van der Waals surface area contributed by atoms with Gasteiger partial charge in [0.1, 0.15) is 11.3 Å². The first-order valence-electron chi connectivity index (χ1n) is 6.54. The number of nitrogens with zero attached hydrogens (tertiary/aromatic N) is 1. The summed E-state index contributed by atoms with van der Waals surface area (Å²) in [5.74, 6) is 1.20. The molecular weight excluding hydrogens is 224 g/mol. The number of ether oxygens (including phenoxy) is 1. The number of hydrogen-bond acceptors (Lipinski definition) is 3. The quantitative estimate of drug-likeness (QED) is 0.886. The SMILES string of the molecule is Cc1ccccc1OCCC1CCCC1(N)C#N. The minimum atomic E-state index is -0.630. The van der Waals surface area contributed by atoms with Crippen LogP contribution in [-0.2, 0) is 0 Å². The van der Waals surface area contributed by atoms with Gasteiger partial charge in [0.2, 0.25) is 0 Å². The van der Waals surface area contributed by atoms with Gasteiger partial charge in [-0.25, -0.2) is 0 Å². The molecule has 0 bridgehead atoms. The molecule has 3 heteroatoms. The van der Waals surface area contributed by atoms with Crippen LogP contribution in [0.2, 0.25) is 0 Å².